The lowest BCUT2D eigenvalue weighted by Gasteiger charge is -2.09. The number of likely N-dealkylation sites (N-methyl/N-ethyl adjacent to an activating group) is 1. The van der Waals surface area contributed by atoms with Gasteiger partial charge in [0.25, 0.3) is 0 Å². The van der Waals surface area contributed by atoms with Crippen molar-refractivity contribution < 1.29 is 19.8 Å². The molecule has 0 aromatic carbocycles. The Kier molecular flexibility index (Phi) is 15.9. The molecule has 0 bridgehead atoms. The van der Waals surface area contributed by atoms with Gasteiger partial charge < -0.3 is 32.7 Å². The third-order valence-corrected chi connectivity index (χ3v) is 2.88. The van der Waals surface area contributed by atoms with E-state index in [-0.39, 0.29) is 0 Å². The maximum absolute atomic E-state index is 10.4. The standard InChI is InChI=1S/C7H16N2O2.C6H14N2O2/c1-9-6(7(10)11)4-2-3-5-8;7-4-2-1-3-5(8)6(9)10/h6,9H,2-5,8H2,1H3,(H,10,11);5H,1-4,7-8H2,(H,9,10)/t6-;5-/m00/s1. The van der Waals surface area contributed by atoms with Gasteiger partial charge in [0.15, 0.2) is 0 Å². The number of carboxylic acids is 2. The first-order valence-electron chi connectivity index (χ1n) is 7.19. The van der Waals surface area contributed by atoms with Gasteiger partial charge in [0, 0.05) is 0 Å². The Hall–Kier alpha value is -1.22. The number of hydrogen-bond acceptors (Lipinski definition) is 6. The number of carboxylic acid groups (broad SMARTS) is 2. The number of hydrogen-bond donors (Lipinski definition) is 6. The Morgan fingerprint density at radius 2 is 1.43 bits per heavy atom. The van der Waals surface area contributed by atoms with Gasteiger partial charge in [-0.2, -0.15) is 0 Å². The smallest absolute Gasteiger partial charge is 0.320 e. The molecule has 0 fully saturated rings. The van der Waals surface area contributed by atoms with Gasteiger partial charge in [-0.1, -0.05) is 12.8 Å². The third-order valence-electron chi connectivity index (χ3n) is 2.88. The van der Waals surface area contributed by atoms with Gasteiger partial charge in [-0.25, -0.2) is 0 Å². The SMILES string of the molecule is CN[C@@H](CCCCN)C(=O)O.NCCCC[C@H](N)C(=O)O. The summed E-state index contributed by atoms with van der Waals surface area (Å²) in [6, 6.07) is -1.13. The summed E-state index contributed by atoms with van der Waals surface area (Å²) in [4.78, 5) is 20.6. The number of aliphatic carboxylic acids is 2. The largest absolute Gasteiger partial charge is 0.480 e. The van der Waals surface area contributed by atoms with Gasteiger partial charge in [-0.3, -0.25) is 9.59 Å². The van der Waals surface area contributed by atoms with Crippen LogP contribution < -0.4 is 22.5 Å². The lowest BCUT2D eigenvalue weighted by atomic mass is 10.1. The van der Waals surface area contributed by atoms with E-state index < -0.39 is 24.0 Å². The maximum atomic E-state index is 10.4. The Morgan fingerprint density at radius 3 is 1.76 bits per heavy atom. The van der Waals surface area contributed by atoms with Crippen LogP contribution in [0.1, 0.15) is 38.5 Å². The zero-order valence-corrected chi connectivity index (χ0v) is 12.8. The van der Waals surface area contributed by atoms with Crippen molar-refractivity contribution in [3.05, 3.63) is 0 Å². The Balaban J connectivity index is 0. The highest BCUT2D eigenvalue weighted by molar-refractivity contribution is 5.73. The average molecular weight is 306 g/mol. The molecule has 0 radical (unpaired) electrons. The average Bonchev–Trinajstić information content (AvgIpc) is 2.44. The molecule has 0 saturated carbocycles. The number of nitrogens with two attached hydrogens (primary N) is 3. The summed E-state index contributed by atoms with van der Waals surface area (Å²) < 4.78 is 0. The lowest BCUT2D eigenvalue weighted by Crippen LogP contribution is -2.33. The van der Waals surface area contributed by atoms with Gasteiger partial charge in [0.1, 0.15) is 12.1 Å². The van der Waals surface area contributed by atoms with Crippen LogP contribution in [0.5, 0.6) is 0 Å². The number of rotatable bonds is 11. The van der Waals surface area contributed by atoms with Gasteiger partial charge in [-0.05, 0) is 45.8 Å². The van der Waals surface area contributed by atoms with Crippen LogP contribution >= 0.6 is 0 Å². The highest BCUT2D eigenvalue weighted by atomic mass is 16.4. The summed E-state index contributed by atoms with van der Waals surface area (Å²) in [7, 11) is 1.65. The van der Waals surface area contributed by atoms with Gasteiger partial charge >= 0.3 is 11.9 Å². The van der Waals surface area contributed by atoms with Crippen molar-refractivity contribution in [2.45, 2.75) is 50.6 Å². The van der Waals surface area contributed by atoms with Crippen LogP contribution in [-0.4, -0.2) is 54.4 Å². The van der Waals surface area contributed by atoms with E-state index in [0.29, 0.717) is 25.9 Å². The molecular weight excluding hydrogens is 276 g/mol. The third kappa shape index (κ3) is 15.0. The second kappa shape index (κ2) is 15.2. The van der Waals surface area contributed by atoms with Crippen LogP contribution in [0.25, 0.3) is 0 Å². The molecule has 9 N–H and O–H groups in total. The minimum absolute atomic E-state index is 0.415. The Morgan fingerprint density at radius 1 is 0.952 bits per heavy atom. The fourth-order valence-electron chi connectivity index (χ4n) is 1.52. The first kappa shape index (κ1) is 22.1. The normalized spacial score (nSPS) is 13.0. The van der Waals surface area contributed by atoms with Crippen molar-refractivity contribution in [2.24, 2.45) is 17.2 Å². The minimum atomic E-state index is -0.933. The molecule has 126 valence electrons. The van der Waals surface area contributed by atoms with Gasteiger partial charge in [0.05, 0.1) is 0 Å². The van der Waals surface area contributed by atoms with Gasteiger partial charge in [-0.15, -0.1) is 0 Å². The molecule has 8 nitrogen and oxygen atoms in total. The molecule has 0 aliphatic carbocycles. The van der Waals surface area contributed by atoms with E-state index in [9.17, 15) is 9.59 Å². The highest BCUT2D eigenvalue weighted by Gasteiger charge is 2.12. The van der Waals surface area contributed by atoms with Crippen LogP contribution in [0, 0.1) is 0 Å². The Bertz CT molecular complexity index is 277. The summed E-state index contributed by atoms with van der Waals surface area (Å²) >= 11 is 0. The summed E-state index contributed by atoms with van der Waals surface area (Å²) in [5.41, 5.74) is 15.7. The molecule has 0 aliphatic heterocycles. The first-order chi connectivity index (χ1) is 9.90. The van der Waals surface area contributed by atoms with Crippen molar-refractivity contribution in [1.82, 2.24) is 5.32 Å². The van der Waals surface area contributed by atoms with Crippen molar-refractivity contribution in [1.29, 1.82) is 0 Å². The summed E-state index contributed by atoms with van der Waals surface area (Å²) in [5.74, 6) is -1.72. The number of carbonyl (C=O) groups is 2. The van der Waals surface area contributed by atoms with Crippen LogP contribution in [0.3, 0.4) is 0 Å². The molecule has 0 saturated heterocycles. The molecule has 2 atom stereocenters. The molecule has 8 heteroatoms. The van der Waals surface area contributed by atoms with E-state index in [0.717, 1.165) is 25.7 Å². The molecular formula is C13H30N4O4. The van der Waals surface area contributed by atoms with E-state index in [4.69, 9.17) is 27.4 Å². The fraction of sp³-hybridized carbons (Fsp3) is 0.846. The second-order valence-corrected chi connectivity index (χ2v) is 4.69. The zero-order valence-electron chi connectivity index (χ0n) is 12.8. The van der Waals surface area contributed by atoms with E-state index in [1.54, 1.807) is 7.05 Å². The number of unbranched alkanes of at least 4 members (excludes halogenated alkanes) is 2. The molecule has 0 heterocycles. The molecule has 0 unspecified atom stereocenters. The fourth-order valence-corrected chi connectivity index (χ4v) is 1.52. The first-order valence-corrected chi connectivity index (χ1v) is 7.19. The lowest BCUT2D eigenvalue weighted by molar-refractivity contribution is -0.140. The predicted molar refractivity (Wildman–Crippen MR) is 81.9 cm³/mol. The van der Waals surface area contributed by atoms with Crippen molar-refractivity contribution in [2.75, 3.05) is 20.1 Å². The molecule has 0 rings (SSSR count). The molecule has 0 amide bonds. The molecule has 0 spiro atoms. The molecule has 21 heavy (non-hydrogen) atoms. The summed E-state index contributed by atoms with van der Waals surface area (Å²) in [5, 5.41) is 19.6. The van der Waals surface area contributed by atoms with Crippen LogP contribution in [0.2, 0.25) is 0 Å². The number of nitrogens with one attached hydrogen (secondary N) is 1. The van der Waals surface area contributed by atoms with Crippen molar-refractivity contribution in [3.63, 3.8) is 0 Å². The van der Waals surface area contributed by atoms with Crippen molar-refractivity contribution >= 4 is 11.9 Å². The topological polar surface area (TPSA) is 165 Å². The van der Waals surface area contributed by atoms with Crippen LogP contribution in [-0.2, 0) is 9.59 Å². The summed E-state index contributed by atoms with van der Waals surface area (Å²) in [6.07, 6.45) is 4.58. The summed E-state index contributed by atoms with van der Waals surface area (Å²) in [6.45, 7) is 1.24. The minimum Gasteiger partial charge on any atom is -0.480 e. The van der Waals surface area contributed by atoms with Crippen LogP contribution in [0.15, 0.2) is 0 Å². The predicted octanol–water partition coefficient (Wildman–Crippen LogP) is -0.685. The van der Waals surface area contributed by atoms with E-state index >= 15 is 0 Å². The molecule has 0 aliphatic rings. The zero-order chi connectivity index (χ0) is 16.7. The second-order valence-electron chi connectivity index (χ2n) is 4.69. The van der Waals surface area contributed by atoms with E-state index in [2.05, 4.69) is 5.32 Å². The molecule has 0 aromatic rings. The van der Waals surface area contributed by atoms with E-state index in [1.807, 2.05) is 0 Å². The maximum Gasteiger partial charge on any atom is 0.320 e. The quantitative estimate of drug-likeness (QED) is 0.273. The highest BCUT2D eigenvalue weighted by Crippen LogP contribution is 1.99. The van der Waals surface area contributed by atoms with Gasteiger partial charge in [0.2, 0.25) is 0 Å². The van der Waals surface area contributed by atoms with Crippen molar-refractivity contribution in [3.8, 4) is 0 Å². The monoisotopic (exact) mass is 306 g/mol. The van der Waals surface area contributed by atoms with Crippen LogP contribution in [0.4, 0.5) is 0 Å². The Labute approximate surface area is 126 Å². The molecule has 0 aromatic heterocycles. The van der Waals surface area contributed by atoms with E-state index in [1.165, 1.54) is 0 Å².